The smallest absolute Gasteiger partial charge is 0.0475 e. The van der Waals surface area contributed by atoms with Crippen molar-refractivity contribution in [2.45, 2.75) is 50.0 Å². The second-order valence-electron chi connectivity index (χ2n) is 1.21. The molecule has 0 saturated heterocycles. The van der Waals surface area contributed by atoms with Crippen LogP contribution in [0.2, 0.25) is 0 Å². The van der Waals surface area contributed by atoms with Crippen LogP contribution in [0.25, 0.3) is 0 Å². The maximum Gasteiger partial charge on any atom is -0.0475 e. The van der Waals surface area contributed by atoms with Crippen molar-refractivity contribution >= 4 is 8.58 Å². The molecule has 0 rings (SSSR count). The van der Waals surface area contributed by atoms with E-state index in [1.165, 1.54) is 6.42 Å². The van der Waals surface area contributed by atoms with Crippen molar-refractivity contribution in [2.24, 2.45) is 0 Å². The van der Waals surface area contributed by atoms with E-state index in [-0.39, 0.29) is 29.7 Å². The third-order valence-corrected chi connectivity index (χ3v) is 0. The maximum atomic E-state index is 2.15. The summed E-state index contributed by atoms with van der Waals surface area (Å²) in [4.78, 5) is 0. The first-order chi connectivity index (χ1) is 2.83. The fraction of sp³-hybridized carbons (Fsp3) is 1.00. The molecule has 0 radical (unpaired) electrons. The van der Waals surface area contributed by atoms with Crippen LogP contribution in [0, 0.1) is 0 Å². The molecule has 0 fully saturated rings. The van der Waals surface area contributed by atoms with E-state index in [0.717, 1.165) is 8.58 Å². The van der Waals surface area contributed by atoms with Crippen molar-refractivity contribution in [2.75, 3.05) is 13.3 Å². The lowest BCUT2D eigenvalue weighted by atomic mass is 10.6. The van der Waals surface area contributed by atoms with Crippen LogP contribution in [0.4, 0.5) is 0 Å². The Morgan fingerprint density at radius 1 is 0.800 bits per heavy atom. The minimum Gasteiger partial charge on any atom is -0.129 e. The third kappa shape index (κ3) is 2520. The van der Waals surface area contributed by atoms with E-state index in [1.807, 2.05) is 0 Å². The predicted molar refractivity (Wildman–Crippen MR) is 63.1 cm³/mol. The fourth-order valence-electron chi connectivity index (χ4n) is 0. The maximum absolute atomic E-state index is 2.15. The van der Waals surface area contributed by atoms with E-state index >= 15 is 0 Å². The highest BCUT2D eigenvalue weighted by Gasteiger charge is 1.35. The van der Waals surface area contributed by atoms with Gasteiger partial charge in [-0.15, -0.1) is 8.58 Å². The highest BCUT2D eigenvalue weighted by molar-refractivity contribution is 7.35. The average Bonchev–Trinajstić information content (AvgIpc) is 1.39. The molecule has 0 aliphatic rings. The van der Waals surface area contributed by atoms with Gasteiger partial charge in [0.1, 0.15) is 0 Å². The molecule has 10 heavy (non-hydrogen) atoms. The summed E-state index contributed by atoms with van der Waals surface area (Å²) in [6.07, 6.45) is 1.25. The van der Waals surface area contributed by atoms with Gasteiger partial charge in [0, 0.05) is 0 Å². The SMILES string of the molecule is C.C.C.C.CCC.CPC. The van der Waals surface area contributed by atoms with Crippen LogP contribution in [0.1, 0.15) is 50.0 Å². The molecule has 72 valence electrons. The Balaban J connectivity index is -0.00000000571. The van der Waals surface area contributed by atoms with Crippen molar-refractivity contribution in [1.29, 1.82) is 0 Å². The van der Waals surface area contributed by atoms with Crippen molar-refractivity contribution in [1.82, 2.24) is 0 Å². The molecule has 0 heterocycles. The first-order valence-electron chi connectivity index (χ1n) is 2.41. The first kappa shape index (κ1) is 47.3. The van der Waals surface area contributed by atoms with Crippen LogP contribution in [-0.2, 0) is 0 Å². The summed E-state index contributed by atoms with van der Waals surface area (Å²) < 4.78 is 0. The quantitative estimate of drug-likeness (QED) is 0.454. The van der Waals surface area contributed by atoms with Gasteiger partial charge in [-0.2, -0.15) is 0 Å². The molecule has 1 heteroatoms. The molecule has 0 nitrogen and oxygen atoms in total. The lowest BCUT2D eigenvalue weighted by molar-refractivity contribution is 1.09. The third-order valence-electron chi connectivity index (χ3n) is 0. The molecule has 0 aliphatic heterocycles. The van der Waals surface area contributed by atoms with Gasteiger partial charge in [0.15, 0.2) is 0 Å². The van der Waals surface area contributed by atoms with Crippen molar-refractivity contribution in [3.05, 3.63) is 0 Å². The molecule has 0 atom stereocenters. The molecule has 0 aromatic rings. The Hall–Kier alpha value is 0.430. The largest absolute Gasteiger partial charge is 0.129 e. The fourth-order valence-corrected chi connectivity index (χ4v) is 0. The summed E-state index contributed by atoms with van der Waals surface area (Å²) in [5.41, 5.74) is 0. The molecule has 0 aliphatic carbocycles. The Morgan fingerprint density at radius 3 is 0.800 bits per heavy atom. The van der Waals surface area contributed by atoms with Crippen LogP contribution >= 0.6 is 8.58 Å². The first-order valence-corrected chi connectivity index (χ1v) is 4.41. The van der Waals surface area contributed by atoms with Crippen LogP contribution < -0.4 is 0 Å². The summed E-state index contributed by atoms with van der Waals surface area (Å²) in [7, 11) is 1.08. The second-order valence-corrected chi connectivity index (χ2v) is 2.21. The van der Waals surface area contributed by atoms with Crippen LogP contribution in [0.5, 0.6) is 0 Å². The van der Waals surface area contributed by atoms with Crippen molar-refractivity contribution < 1.29 is 0 Å². The molecule has 0 bridgehead atoms. The van der Waals surface area contributed by atoms with Gasteiger partial charge in [0.05, 0.1) is 0 Å². The minimum absolute atomic E-state index is 0. The highest BCUT2D eigenvalue weighted by Crippen LogP contribution is 1.84. The minimum atomic E-state index is 0. The monoisotopic (exact) mass is 170 g/mol. The van der Waals surface area contributed by atoms with E-state index in [2.05, 4.69) is 27.2 Å². The molecule has 0 amide bonds. The zero-order chi connectivity index (χ0) is 5.41. The average molecular weight is 170 g/mol. The Kier molecular flexibility index (Phi) is 536. The molecule has 0 unspecified atom stereocenters. The lowest BCUT2D eigenvalue weighted by Gasteiger charge is -1.50. The lowest BCUT2D eigenvalue weighted by Crippen LogP contribution is -1.27. The summed E-state index contributed by atoms with van der Waals surface area (Å²) in [6.45, 7) is 8.56. The summed E-state index contributed by atoms with van der Waals surface area (Å²) in [5.74, 6) is 0. The Bertz CT molecular complexity index is 6.69. The van der Waals surface area contributed by atoms with Crippen LogP contribution in [-0.4, -0.2) is 13.3 Å². The molecule has 0 N–H and O–H groups in total. The van der Waals surface area contributed by atoms with E-state index in [1.54, 1.807) is 0 Å². The van der Waals surface area contributed by atoms with Crippen LogP contribution in [0.15, 0.2) is 0 Å². The normalized spacial score (nSPS) is 3.60. The summed E-state index contributed by atoms with van der Waals surface area (Å²) in [5, 5.41) is 0. The molecular formula is C9H31P. The van der Waals surface area contributed by atoms with E-state index in [4.69, 9.17) is 0 Å². The summed E-state index contributed by atoms with van der Waals surface area (Å²) >= 11 is 0. The number of hydrogen-bond donors (Lipinski definition) is 0. The van der Waals surface area contributed by atoms with E-state index < -0.39 is 0 Å². The van der Waals surface area contributed by atoms with Gasteiger partial charge < -0.3 is 0 Å². The Morgan fingerprint density at radius 2 is 0.800 bits per heavy atom. The number of hydrogen-bond acceptors (Lipinski definition) is 0. The van der Waals surface area contributed by atoms with E-state index in [0.29, 0.717) is 0 Å². The van der Waals surface area contributed by atoms with Gasteiger partial charge in [-0.25, -0.2) is 0 Å². The number of rotatable bonds is 0. The van der Waals surface area contributed by atoms with Gasteiger partial charge in [-0.1, -0.05) is 50.0 Å². The van der Waals surface area contributed by atoms with Gasteiger partial charge in [-0.3, -0.25) is 0 Å². The van der Waals surface area contributed by atoms with Crippen molar-refractivity contribution in [3.8, 4) is 0 Å². The van der Waals surface area contributed by atoms with Gasteiger partial charge in [0.2, 0.25) is 0 Å². The predicted octanol–water partition coefficient (Wildman–Crippen LogP) is 4.89. The second kappa shape index (κ2) is 113. The van der Waals surface area contributed by atoms with Crippen molar-refractivity contribution in [3.63, 3.8) is 0 Å². The molecule has 0 aromatic heterocycles. The molecule has 0 spiro atoms. The topological polar surface area (TPSA) is 0 Å². The standard InChI is InChI=1S/C3H8.C2H7P.4CH4/c2*1-3-2;;;;/h3H2,1-2H3;3H,1-2H3;4*1H4. The Labute approximate surface area is 72.6 Å². The van der Waals surface area contributed by atoms with Gasteiger partial charge in [0.25, 0.3) is 0 Å². The molecule has 0 saturated carbocycles. The molecular weight excluding hydrogens is 139 g/mol. The van der Waals surface area contributed by atoms with Crippen LogP contribution in [0.3, 0.4) is 0 Å². The van der Waals surface area contributed by atoms with Gasteiger partial charge in [-0.05, 0) is 13.3 Å². The van der Waals surface area contributed by atoms with E-state index in [9.17, 15) is 0 Å². The van der Waals surface area contributed by atoms with Gasteiger partial charge >= 0.3 is 0 Å². The zero-order valence-electron chi connectivity index (χ0n) is 5.21. The highest BCUT2D eigenvalue weighted by atomic mass is 31.1. The molecule has 0 aromatic carbocycles. The zero-order valence-corrected chi connectivity index (χ0v) is 6.21. The summed E-state index contributed by atoms with van der Waals surface area (Å²) in [6, 6.07) is 0.